The van der Waals surface area contributed by atoms with Crippen LogP contribution >= 0.6 is 0 Å². The summed E-state index contributed by atoms with van der Waals surface area (Å²) in [6.45, 7) is 0.244. The summed E-state index contributed by atoms with van der Waals surface area (Å²) in [6, 6.07) is 14.4. The van der Waals surface area contributed by atoms with Gasteiger partial charge in [-0.05, 0) is 30.5 Å². The van der Waals surface area contributed by atoms with Gasteiger partial charge in [-0.1, -0.05) is 30.3 Å². The van der Waals surface area contributed by atoms with E-state index in [-0.39, 0.29) is 6.61 Å². The fraction of sp³-hybridized carbons (Fsp3) is 0.188. The van der Waals surface area contributed by atoms with Crippen LogP contribution < -0.4 is 0 Å². The van der Waals surface area contributed by atoms with Gasteiger partial charge in [-0.25, -0.2) is 4.98 Å². The van der Waals surface area contributed by atoms with Gasteiger partial charge in [-0.15, -0.1) is 0 Å². The van der Waals surface area contributed by atoms with Crippen molar-refractivity contribution in [1.82, 2.24) is 9.38 Å². The third kappa shape index (κ3) is 2.51. The molecular formula is C16H16N2O. The molecule has 0 aliphatic carbocycles. The van der Waals surface area contributed by atoms with Crippen molar-refractivity contribution in [3.63, 3.8) is 0 Å². The molecule has 0 aliphatic rings. The van der Waals surface area contributed by atoms with Crippen LogP contribution in [0, 0.1) is 0 Å². The second-order valence-electron chi connectivity index (χ2n) is 4.62. The minimum Gasteiger partial charge on any atom is -0.396 e. The number of pyridine rings is 1. The van der Waals surface area contributed by atoms with E-state index in [1.165, 1.54) is 5.56 Å². The highest BCUT2D eigenvalue weighted by molar-refractivity contribution is 5.62. The van der Waals surface area contributed by atoms with E-state index >= 15 is 0 Å². The second kappa shape index (κ2) is 5.24. The fourth-order valence-electron chi connectivity index (χ4n) is 2.20. The summed E-state index contributed by atoms with van der Waals surface area (Å²) in [5.41, 5.74) is 4.32. The van der Waals surface area contributed by atoms with Gasteiger partial charge in [-0.3, -0.25) is 0 Å². The van der Waals surface area contributed by atoms with Crippen LogP contribution in [0.1, 0.15) is 12.0 Å². The predicted molar refractivity (Wildman–Crippen MR) is 76.0 cm³/mol. The number of aliphatic hydroxyl groups excluding tert-OH is 1. The van der Waals surface area contributed by atoms with E-state index < -0.39 is 0 Å². The van der Waals surface area contributed by atoms with Gasteiger partial charge in [0, 0.05) is 24.6 Å². The Morgan fingerprint density at radius 2 is 1.89 bits per heavy atom. The van der Waals surface area contributed by atoms with Crippen LogP contribution in [0.4, 0.5) is 0 Å². The molecule has 3 nitrogen and oxygen atoms in total. The Kier molecular flexibility index (Phi) is 3.29. The summed E-state index contributed by atoms with van der Waals surface area (Å²) in [4.78, 5) is 4.60. The molecule has 3 heteroatoms. The number of rotatable bonds is 4. The van der Waals surface area contributed by atoms with Gasteiger partial charge in [0.15, 0.2) is 0 Å². The van der Waals surface area contributed by atoms with Gasteiger partial charge in [0.25, 0.3) is 0 Å². The minimum absolute atomic E-state index is 0.244. The third-order valence-corrected chi connectivity index (χ3v) is 3.24. The van der Waals surface area contributed by atoms with Crippen molar-refractivity contribution < 1.29 is 5.11 Å². The van der Waals surface area contributed by atoms with Gasteiger partial charge < -0.3 is 9.51 Å². The minimum atomic E-state index is 0.244. The predicted octanol–water partition coefficient (Wildman–Crippen LogP) is 2.93. The van der Waals surface area contributed by atoms with Crippen molar-refractivity contribution in [3.8, 4) is 11.3 Å². The Labute approximate surface area is 112 Å². The first-order valence-corrected chi connectivity index (χ1v) is 6.51. The highest BCUT2D eigenvalue weighted by Gasteiger charge is 2.03. The van der Waals surface area contributed by atoms with E-state index in [1.807, 2.05) is 35.0 Å². The topological polar surface area (TPSA) is 37.5 Å². The smallest absolute Gasteiger partial charge is 0.137 e. The SMILES string of the molecule is OCCCc1ccc(-c2cn3ccccc3n2)cc1. The molecule has 0 saturated heterocycles. The summed E-state index contributed by atoms with van der Waals surface area (Å²) >= 11 is 0. The van der Waals surface area contributed by atoms with Crippen LogP contribution in [-0.2, 0) is 6.42 Å². The van der Waals surface area contributed by atoms with Crippen LogP contribution in [0.15, 0.2) is 54.9 Å². The molecular weight excluding hydrogens is 236 g/mol. The molecule has 3 aromatic rings. The largest absolute Gasteiger partial charge is 0.396 e. The Morgan fingerprint density at radius 1 is 1.05 bits per heavy atom. The Hall–Kier alpha value is -2.13. The van der Waals surface area contributed by atoms with E-state index in [9.17, 15) is 0 Å². The average molecular weight is 252 g/mol. The summed E-state index contributed by atoms with van der Waals surface area (Å²) in [5.74, 6) is 0. The number of imidazole rings is 1. The molecule has 3 rings (SSSR count). The number of nitrogens with zero attached hydrogens (tertiary/aromatic N) is 2. The molecule has 0 atom stereocenters. The zero-order chi connectivity index (χ0) is 13.1. The lowest BCUT2D eigenvalue weighted by Crippen LogP contribution is -1.89. The van der Waals surface area contributed by atoms with Crippen molar-refractivity contribution in [2.24, 2.45) is 0 Å². The molecule has 0 radical (unpaired) electrons. The van der Waals surface area contributed by atoms with Crippen LogP contribution in [0.5, 0.6) is 0 Å². The Morgan fingerprint density at radius 3 is 2.63 bits per heavy atom. The zero-order valence-corrected chi connectivity index (χ0v) is 10.7. The lowest BCUT2D eigenvalue weighted by atomic mass is 10.1. The van der Waals surface area contributed by atoms with Gasteiger partial charge in [-0.2, -0.15) is 0 Å². The summed E-state index contributed by atoms with van der Waals surface area (Å²) in [7, 11) is 0. The molecule has 0 saturated carbocycles. The number of hydrogen-bond acceptors (Lipinski definition) is 2. The zero-order valence-electron chi connectivity index (χ0n) is 10.7. The Balaban J connectivity index is 1.88. The monoisotopic (exact) mass is 252 g/mol. The van der Waals surface area contributed by atoms with Crippen LogP contribution in [-0.4, -0.2) is 21.1 Å². The maximum atomic E-state index is 8.83. The van der Waals surface area contributed by atoms with E-state index in [0.717, 1.165) is 29.7 Å². The molecule has 0 spiro atoms. The molecule has 0 fully saturated rings. The van der Waals surface area contributed by atoms with Crippen LogP contribution in [0.3, 0.4) is 0 Å². The maximum absolute atomic E-state index is 8.83. The van der Waals surface area contributed by atoms with Gasteiger partial charge in [0.1, 0.15) is 5.65 Å². The first-order valence-electron chi connectivity index (χ1n) is 6.51. The number of aliphatic hydroxyl groups is 1. The first kappa shape index (κ1) is 11.9. The number of benzene rings is 1. The molecule has 0 bridgehead atoms. The van der Waals surface area contributed by atoms with Crippen LogP contribution in [0.25, 0.3) is 16.9 Å². The maximum Gasteiger partial charge on any atom is 0.137 e. The first-order chi connectivity index (χ1) is 9.36. The molecule has 1 aromatic carbocycles. The van der Waals surface area contributed by atoms with Gasteiger partial charge in [0.2, 0.25) is 0 Å². The molecule has 0 unspecified atom stereocenters. The normalized spacial score (nSPS) is 11.0. The molecule has 0 amide bonds. The summed E-state index contributed by atoms with van der Waals surface area (Å²) in [5, 5.41) is 8.83. The highest BCUT2D eigenvalue weighted by atomic mass is 16.2. The average Bonchev–Trinajstić information content (AvgIpc) is 2.89. The second-order valence-corrected chi connectivity index (χ2v) is 4.62. The standard InChI is InChI=1S/C16H16N2O/c19-11-3-4-13-6-8-14(9-7-13)15-12-18-10-2-1-5-16(18)17-15/h1-2,5-10,12,19H,3-4,11H2. The quantitative estimate of drug-likeness (QED) is 0.775. The van der Waals surface area contributed by atoms with Gasteiger partial charge in [0.05, 0.1) is 5.69 Å². The van der Waals surface area contributed by atoms with Crippen LogP contribution in [0.2, 0.25) is 0 Å². The van der Waals surface area contributed by atoms with Crippen molar-refractivity contribution in [2.45, 2.75) is 12.8 Å². The molecule has 19 heavy (non-hydrogen) atoms. The molecule has 2 heterocycles. The van der Waals surface area contributed by atoms with E-state index in [1.54, 1.807) is 0 Å². The van der Waals surface area contributed by atoms with Crippen molar-refractivity contribution in [3.05, 3.63) is 60.4 Å². The van der Waals surface area contributed by atoms with E-state index in [2.05, 4.69) is 29.2 Å². The number of aromatic nitrogens is 2. The van der Waals surface area contributed by atoms with E-state index in [4.69, 9.17) is 5.11 Å². The number of aryl methyl sites for hydroxylation is 1. The van der Waals surface area contributed by atoms with E-state index in [0.29, 0.717) is 0 Å². The molecule has 1 N–H and O–H groups in total. The molecule has 0 aliphatic heterocycles. The third-order valence-electron chi connectivity index (χ3n) is 3.24. The van der Waals surface area contributed by atoms with Crippen molar-refractivity contribution in [1.29, 1.82) is 0 Å². The summed E-state index contributed by atoms with van der Waals surface area (Å²) < 4.78 is 2.02. The molecule has 2 aromatic heterocycles. The lowest BCUT2D eigenvalue weighted by molar-refractivity contribution is 0.288. The number of fused-ring (bicyclic) bond motifs is 1. The van der Waals surface area contributed by atoms with Crippen molar-refractivity contribution in [2.75, 3.05) is 6.61 Å². The van der Waals surface area contributed by atoms with Gasteiger partial charge >= 0.3 is 0 Å². The highest BCUT2D eigenvalue weighted by Crippen LogP contribution is 2.20. The fourth-order valence-corrected chi connectivity index (χ4v) is 2.20. The number of hydrogen-bond donors (Lipinski definition) is 1. The summed E-state index contributed by atoms with van der Waals surface area (Å²) in [6.07, 6.45) is 5.77. The molecule has 96 valence electrons. The van der Waals surface area contributed by atoms with Crippen molar-refractivity contribution >= 4 is 5.65 Å². The Bertz CT molecular complexity index is 638. The lowest BCUT2D eigenvalue weighted by Gasteiger charge is -2.01.